The zero-order chi connectivity index (χ0) is 66.9. The van der Waals surface area contributed by atoms with Crippen LogP contribution in [0.1, 0.15) is 123 Å². The number of aromatic hydroxyl groups is 1. The van der Waals surface area contributed by atoms with Crippen molar-refractivity contribution in [1.29, 1.82) is 0 Å². The minimum atomic E-state index is -1.54. The summed E-state index contributed by atoms with van der Waals surface area (Å²) in [6, 6.07) is 1.48. The van der Waals surface area contributed by atoms with Crippen LogP contribution in [0, 0.1) is 17.8 Å². The molecule has 5 fully saturated rings. The molecule has 0 saturated carbocycles. The second-order valence-electron chi connectivity index (χ2n) is 25.2. The summed E-state index contributed by atoms with van der Waals surface area (Å²) in [5, 5.41) is 40.2. The topological polar surface area (TPSA) is 368 Å². The highest BCUT2D eigenvalue weighted by Crippen LogP contribution is 2.30. The molecule has 11 amide bonds. The molecule has 0 bridgehead atoms. The molecule has 0 aliphatic carbocycles. The van der Waals surface area contributed by atoms with Gasteiger partial charge in [-0.15, -0.1) is 0 Å². The first-order valence-corrected chi connectivity index (χ1v) is 34.8. The van der Waals surface area contributed by atoms with E-state index in [0.717, 1.165) is 21.6 Å². The molecular formula is C64H92N12O14S2. The van der Waals surface area contributed by atoms with Gasteiger partial charge in [-0.25, -0.2) is 4.79 Å². The molecule has 2 aromatic rings. The molecule has 5 aliphatic rings. The molecule has 28 heteroatoms. The predicted molar refractivity (Wildman–Crippen MR) is 344 cm³/mol. The lowest BCUT2D eigenvalue weighted by Gasteiger charge is -2.34. The van der Waals surface area contributed by atoms with Crippen LogP contribution in [-0.2, 0) is 70.4 Å². The smallest absolute Gasteiger partial charge is 0.327 e. The quantitative estimate of drug-likeness (QED) is 0.112. The van der Waals surface area contributed by atoms with E-state index in [1.165, 1.54) is 31.7 Å². The van der Waals surface area contributed by atoms with Crippen LogP contribution < -0.4 is 43.0 Å². The lowest BCUT2D eigenvalue weighted by atomic mass is 9.97. The number of hydrogen-bond donors (Lipinski definition) is 10. The molecule has 5 saturated heterocycles. The van der Waals surface area contributed by atoms with Crippen LogP contribution in [0.4, 0.5) is 0 Å². The highest BCUT2D eigenvalue weighted by atomic mass is 33.1. The normalized spacial score (nSPS) is 27.4. The van der Waals surface area contributed by atoms with Gasteiger partial charge < -0.3 is 72.8 Å². The summed E-state index contributed by atoms with van der Waals surface area (Å²) in [7, 11) is 1.97. The van der Waals surface area contributed by atoms with Gasteiger partial charge in [-0.3, -0.25) is 52.7 Å². The molecule has 7 rings (SSSR count). The Morgan fingerprint density at radius 3 is 1.62 bits per heavy atom. The number of nitrogens with zero attached hydrogens (tertiary/aromatic N) is 4. The monoisotopic (exact) mass is 1320 g/mol. The first-order valence-electron chi connectivity index (χ1n) is 32.3. The van der Waals surface area contributed by atoms with Crippen LogP contribution >= 0.6 is 21.6 Å². The Bertz CT molecular complexity index is 2980. The molecule has 2 aromatic carbocycles. The maximum absolute atomic E-state index is 15.2. The van der Waals surface area contributed by atoms with Crippen LogP contribution in [0.2, 0.25) is 0 Å². The van der Waals surface area contributed by atoms with Crippen molar-refractivity contribution in [2.45, 2.75) is 191 Å². The van der Waals surface area contributed by atoms with Crippen LogP contribution in [0.5, 0.6) is 5.75 Å². The number of carbonyl (C=O) groups is 12. The average molecular weight is 1320 g/mol. The summed E-state index contributed by atoms with van der Waals surface area (Å²) < 4.78 is 0. The van der Waals surface area contributed by atoms with Crippen molar-refractivity contribution in [2.24, 2.45) is 23.5 Å². The van der Waals surface area contributed by atoms with Crippen LogP contribution in [0.15, 0.2) is 54.6 Å². The molecule has 0 spiro atoms. The number of phenolic OH excluding ortho intramolecular Hbond substituents is 1. The summed E-state index contributed by atoms with van der Waals surface area (Å²) >= 11 is 0. The Morgan fingerprint density at radius 1 is 0.576 bits per heavy atom. The van der Waals surface area contributed by atoms with Gasteiger partial charge in [0.05, 0.1) is 6.54 Å². The standard InChI is InChI=1S/C64H92N12O14S2/c1-7-37(5)52(71-51(78)33-65)58(83)69-45-34-91-92-35-46(64(89)90)70-59(84)53(38(6)8-2)72-57(82)49-20-13-26-73(49)60(85)43(30-36(3)4)67-54(79)42(31-39-16-10-9-11-17-39)66-55(80)48-19-14-28-75(48)63(88)50-21-15-29-76(50)61(86)44(32-40-22-24-41(77)25-23-40)68-56(81)47-18-12-27-74(47)62(45)87/h9-11,16-17,22-25,36-38,42-50,52-53,77H,7-8,12-15,18-21,26-35,65H2,1-6H3,(H,66,80)(H,67,79)(H,68,81)(H,69,83)(H,70,84)(H,71,78)(H,72,82)(H,89,90)/t37-,38-,42-,43-,44-,45-,46-,47-,48-,49-,50-,52-,53-/m0/s1. The average Bonchev–Trinajstić information content (AvgIpc) is 1.64. The van der Waals surface area contributed by atoms with E-state index in [4.69, 9.17) is 5.73 Å². The molecule has 11 N–H and O–H groups in total. The maximum atomic E-state index is 15.2. The molecule has 5 heterocycles. The van der Waals surface area contributed by atoms with Crippen molar-refractivity contribution in [3.8, 4) is 5.75 Å². The Hall–Kier alpha value is -7.46. The Morgan fingerprint density at radius 2 is 1.07 bits per heavy atom. The van der Waals surface area contributed by atoms with Crippen molar-refractivity contribution in [3.63, 3.8) is 0 Å². The summed E-state index contributed by atoms with van der Waals surface area (Å²) in [5.74, 6) is -10.3. The second kappa shape index (κ2) is 33.9. The van der Waals surface area contributed by atoms with Gasteiger partial charge in [0.25, 0.3) is 0 Å². The van der Waals surface area contributed by atoms with E-state index in [1.807, 2.05) is 20.8 Å². The van der Waals surface area contributed by atoms with Crippen LogP contribution in [0.3, 0.4) is 0 Å². The maximum Gasteiger partial charge on any atom is 0.327 e. The zero-order valence-corrected chi connectivity index (χ0v) is 55.0. The summed E-state index contributed by atoms with van der Waals surface area (Å²) in [6.07, 6.45) is 3.23. The van der Waals surface area contributed by atoms with Crippen molar-refractivity contribution < 1.29 is 67.7 Å². The van der Waals surface area contributed by atoms with Crippen molar-refractivity contribution in [3.05, 3.63) is 65.7 Å². The fourth-order valence-electron chi connectivity index (χ4n) is 12.6. The zero-order valence-electron chi connectivity index (χ0n) is 53.4. The minimum absolute atomic E-state index is 0.00593. The van der Waals surface area contributed by atoms with E-state index >= 15 is 14.4 Å². The molecule has 504 valence electrons. The second-order valence-corrected chi connectivity index (χ2v) is 27.7. The van der Waals surface area contributed by atoms with Gasteiger partial charge in [-0.2, -0.15) is 0 Å². The molecule has 0 unspecified atom stereocenters. The van der Waals surface area contributed by atoms with Gasteiger partial charge in [-0.05, 0) is 98.8 Å². The number of hydrogen-bond acceptors (Lipinski definition) is 16. The van der Waals surface area contributed by atoms with E-state index in [0.29, 0.717) is 49.7 Å². The SMILES string of the molecule is CC[C@H](C)[C@H](NC(=O)CN)C(=O)N[C@H]1CSSC[C@@H](C(=O)O)NC(=O)[C@H]([C@@H](C)CC)NC(=O)[C@@H]2CCCN2C(=O)[C@H](CC(C)C)NC(=O)[C@H](Cc2ccccc2)NC(=O)[C@@H]2CCCN2C(=O)[C@@H]2CCCN2C(=O)[C@H](Cc2ccc(O)cc2)NC(=O)[C@@H]2CCCN2C1=O. The van der Waals surface area contributed by atoms with Crippen LogP contribution in [-0.4, -0.2) is 211 Å². The number of phenols is 1. The minimum Gasteiger partial charge on any atom is -0.508 e. The van der Waals surface area contributed by atoms with Crippen molar-refractivity contribution in [1.82, 2.24) is 56.8 Å². The van der Waals surface area contributed by atoms with Gasteiger partial charge in [-0.1, -0.05) is 118 Å². The van der Waals surface area contributed by atoms with E-state index in [2.05, 4.69) is 37.2 Å². The van der Waals surface area contributed by atoms with Gasteiger partial charge in [0.15, 0.2) is 0 Å². The van der Waals surface area contributed by atoms with Crippen LogP contribution in [0.25, 0.3) is 0 Å². The van der Waals surface area contributed by atoms with E-state index < -0.39 is 156 Å². The molecule has 0 radical (unpaired) electrons. The molecule has 5 aliphatic heterocycles. The Labute approximate surface area is 545 Å². The third-order valence-corrected chi connectivity index (χ3v) is 20.6. The highest BCUT2D eigenvalue weighted by molar-refractivity contribution is 8.76. The van der Waals surface area contributed by atoms with Gasteiger partial charge in [0.1, 0.15) is 72.2 Å². The molecule has 92 heavy (non-hydrogen) atoms. The number of nitrogens with one attached hydrogen (secondary N) is 7. The van der Waals surface area contributed by atoms with Crippen molar-refractivity contribution >= 4 is 92.5 Å². The fourth-order valence-corrected chi connectivity index (χ4v) is 14.9. The number of carbonyl (C=O) groups excluding carboxylic acids is 11. The lowest BCUT2D eigenvalue weighted by Crippen LogP contribution is -2.61. The van der Waals surface area contributed by atoms with E-state index in [9.17, 15) is 53.4 Å². The number of fused-ring (bicyclic) bond motifs is 4. The van der Waals surface area contributed by atoms with Gasteiger partial charge in [0.2, 0.25) is 65.0 Å². The summed E-state index contributed by atoms with van der Waals surface area (Å²) in [6.45, 7) is 10.8. The molecular weight excluding hydrogens is 1220 g/mol. The number of aliphatic carboxylic acids is 1. The van der Waals surface area contributed by atoms with Gasteiger partial charge >= 0.3 is 5.97 Å². The third kappa shape index (κ3) is 18.6. The number of carboxylic acids is 1. The fraction of sp³-hybridized carbons (Fsp3) is 0.625. The molecule has 13 atom stereocenters. The largest absolute Gasteiger partial charge is 0.508 e. The van der Waals surface area contributed by atoms with Gasteiger partial charge in [0, 0.05) is 50.5 Å². The number of nitrogens with two attached hydrogens (primary N) is 1. The molecule has 26 nitrogen and oxygen atoms in total. The predicted octanol–water partition coefficient (Wildman–Crippen LogP) is 1.11. The first kappa shape index (κ1) is 72.0. The van der Waals surface area contributed by atoms with E-state index in [-0.39, 0.29) is 94.3 Å². The Balaban J connectivity index is 1.25. The molecule has 0 aromatic heterocycles. The lowest BCUT2D eigenvalue weighted by molar-refractivity contribution is -0.148. The highest BCUT2D eigenvalue weighted by Gasteiger charge is 2.47. The van der Waals surface area contributed by atoms with Crippen molar-refractivity contribution in [2.75, 3.05) is 44.2 Å². The number of benzene rings is 2. The Kier molecular flexibility index (Phi) is 26.5. The number of rotatable bonds is 15. The van der Waals surface area contributed by atoms with E-state index in [1.54, 1.807) is 63.2 Å². The summed E-state index contributed by atoms with van der Waals surface area (Å²) in [5.41, 5.74) is 6.85. The first-order chi connectivity index (χ1) is 43.9. The third-order valence-electron chi connectivity index (χ3n) is 18.1. The summed E-state index contributed by atoms with van der Waals surface area (Å²) in [4.78, 5) is 179. The number of carboxylic acid groups (broad SMARTS) is 1. The number of amides is 11.